The van der Waals surface area contributed by atoms with Gasteiger partial charge in [-0.25, -0.2) is 0 Å². The Morgan fingerprint density at radius 2 is 1.91 bits per heavy atom. The zero-order valence-corrected chi connectivity index (χ0v) is 13.4. The van der Waals surface area contributed by atoms with E-state index in [-0.39, 0.29) is 12.6 Å². The number of hydrogen-bond acceptors (Lipinski definition) is 3. The molecule has 1 aromatic carbocycles. The first-order valence-electron chi connectivity index (χ1n) is 7.78. The Kier molecular flexibility index (Phi) is 9.23. The highest BCUT2D eigenvalue weighted by Crippen LogP contribution is 2.16. The molecule has 0 bridgehead atoms. The fraction of sp³-hybridized carbons (Fsp3) is 0.588. The summed E-state index contributed by atoms with van der Waals surface area (Å²) in [4.78, 5) is 11.8. The molecule has 1 N–H and O–H groups in total. The Morgan fingerprint density at radius 1 is 1.18 bits per heavy atom. The number of carbonyl (C=O) groups excluding carboxylic acids is 1. The second-order valence-corrected chi connectivity index (χ2v) is 5.54. The minimum absolute atomic E-state index is 0.0285. The van der Waals surface area contributed by atoms with Crippen molar-refractivity contribution in [2.45, 2.75) is 33.1 Å². The third-order valence-electron chi connectivity index (χ3n) is 2.83. The molecule has 22 heavy (non-hydrogen) atoms. The maximum absolute atomic E-state index is 12.0. The van der Waals surface area contributed by atoms with Crippen LogP contribution in [0.2, 0.25) is 0 Å². The summed E-state index contributed by atoms with van der Waals surface area (Å²) >= 11 is 0. The van der Waals surface area contributed by atoms with Crippen LogP contribution in [0.3, 0.4) is 0 Å². The summed E-state index contributed by atoms with van der Waals surface area (Å²) in [6.07, 6.45) is 1.53. The van der Waals surface area contributed by atoms with Crippen LogP contribution >= 0.6 is 0 Å². The number of halogens is 1. The first-order chi connectivity index (χ1) is 10.6. The molecule has 1 aromatic rings. The number of nitrogens with one attached hydrogen (secondary N) is 1. The van der Waals surface area contributed by atoms with E-state index in [4.69, 9.17) is 9.47 Å². The van der Waals surface area contributed by atoms with Crippen molar-refractivity contribution >= 4 is 11.6 Å². The van der Waals surface area contributed by atoms with Gasteiger partial charge in [0, 0.05) is 31.7 Å². The monoisotopic (exact) mass is 311 g/mol. The number of amides is 1. The lowest BCUT2D eigenvalue weighted by atomic mass is 10.2. The lowest BCUT2D eigenvalue weighted by Crippen LogP contribution is -2.12. The molecule has 0 fully saturated rings. The highest BCUT2D eigenvalue weighted by atomic mass is 19.1. The Labute approximate surface area is 132 Å². The summed E-state index contributed by atoms with van der Waals surface area (Å²) in [5.74, 6) is 1.16. The van der Waals surface area contributed by atoms with E-state index in [1.165, 1.54) is 0 Å². The van der Waals surface area contributed by atoms with Crippen molar-refractivity contribution in [3.05, 3.63) is 24.3 Å². The molecule has 0 unspecified atom stereocenters. The third-order valence-corrected chi connectivity index (χ3v) is 2.83. The van der Waals surface area contributed by atoms with Gasteiger partial charge < -0.3 is 14.8 Å². The minimum Gasteiger partial charge on any atom is -0.493 e. The Bertz CT molecular complexity index is 420. The number of carbonyl (C=O) groups is 1. The fourth-order valence-electron chi connectivity index (χ4n) is 1.76. The molecule has 0 radical (unpaired) electrons. The van der Waals surface area contributed by atoms with Gasteiger partial charge in [-0.05, 0) is 36.6 Å². The molecule has 0 aliphatic carbocycles. The summed E-state index contributed by atoms with van der Waals surface area (Å²) in [5, 5.41) is 2.83. The molecular weight excluding hydrogens is 285 g/mol. The second-order valence-electron chi connectivity index (χ2n) is 5.54. The molecule has 0 heterocycles. The Morgan fingerprint density at radius 3 is 2.55 bits per heavy atom. The molecule has 1 amide bonds. The molecule has 0 saturated heterocycles. The molecular formula is C17H26FNO3. The zero-order chi connectivity index (χ0) is 16.2. The SMILES string of the molecule is CC(C)COCCCC(=O)Nc1ccc(OCCCF)cc1. The number of rotatable bonds is 11. The smallest absolute Gasteiger partial charge is 0.224 e. The van der Waals surface area contributed by atoms with Gasteiger partial charge in [-0.1, -0.05) is 13.8 Å². The molecule has 0 aliphatic heterocycles. The molecule has 4 nitrogen and oxygen atoms in total. The zero-order valence-electron chi connectivity index (χ0n) is 13.4. The van der Waals surface area contributed by atoms with Crippen molar-refractivity contribution in [2.24, 2.45) is 5.92 Å². The molecule has 0 saturated carbocycles. The van der Waals surface area contributed by atoms with Gasteiger partial charge in [-0.3, -0.25) is 9.18 Å². The normalized spacial score (nSPS) is 10.7. The van der Waals surface area contributed by atoms with E-state index < -0.39 is 0 Å². The molecule has 0 aliphatic rings. The van der Waals surface area contributed by atoms with Gasteiger partial charge in [0.15, 0.2) is 0 Å². The van der Waals surface area contributed by atoms with Gasteiger partial charge in [0.2, 0.25) is 5.91 Å². The molecule has 124 valence electrons. The van der Waals surface area contributed by atoms with Crippen LogP contribution in [0.4, 0.5) is 10.1 Å². The summed E-state index contributed by atoms with van der Waals surface area (Å²) in [5.41, 5.74) is 0.728. The van der Waals surface area contributed by atoms with Crippen LogP contribution in [-0.4, -0.2) is 32.4 Å². The highest BCUT2D eigenvalue weighted by molar-refractivity contribution is 5.90. The minimum atomic E-state index is -0.380. The van der Waals surface area contributed by atoms with Crippen LogP contribution in [0, 0.1) is 5.92 Å². The maximum Gasteiger partial charge on any atom is 0.224 e. The van der Waals surface area contributed by atoms with Crippen molar-refractivity contribution in [3.63, 3.8) is 0 Å². The van der Waals surface area contributed by atoms with Crippen molar-refractivity contribution in [1.82, 2.24) is 0 Å². The van der Waals surface area contributed by atoms with Crippen LogP contribution in [0.15, 0.2) is 24.3 Å². The van der Waals surface area contributed by atoms with Crippen LogP contribution in [0.5, 0.6) is 5.75 Å². The van der Waals surface area contributed by atoms with Gasteiger partial charge in [0.25, 0.3) is 0 Å². The number of alkyl halides is 1. The van der Waals surface area contributed by atoms with Crippen molar-refractivity contribution in [2.75, 3.05) is 31.8 Å². The van der Waals surface area contributed by atoms with E-state index in [1.54, 1.807) is 24.3 Å². The predicted molar refractivity (Wildman–Crippen MR) is 86.0 cm³/mol. The number of benzene rings is 1. The summed E-state index contributed by atoms with van der Waals surface area (Å²) < 4.78 is 22.7. The quantitative estimate of drug-likeness (QED) is 0.632. The standard InChI is InChI=1S/C17H26FNO3/c1-14(2)13-21-11-3-5-17(20)19-15-6-8-16(9-7-15)22-12-4-10-18/h6-9,14H,3-5,10-13H2,1-2H3,(H,19,20). The van der Waals surface area contributed by atoms with Crippen LogP contribution < -0.4 is 10.1 Å². The Balaban J connectivity index is 2.21. The van der Waals surface area contributed by atoms with Crippen molar-refractivity contribution < 1.29 is 18.7 Å². The van der Waals surface area contributed by atoms with Gasteiger partial charge in [0.1, 0.15) is 5.75 Å². The lowest BCUT2D eigenvalue weighted by Gasteiger charge is -2.08. The first-order valence-corrected chi connectivity index (χ1v) is 7.78. The van der Waals surface area contributed by atoms with E-state index in [0.29, 0.717) is 44.1 Å². The average Bonchev–Trinajstić information content (AvgIpc) is 2.48. The van der Waals surface area contributed by atoms with Gasteiger partial charge >= 0.3 is 0 Å². The largest absolute Gasteiger partial charge is 0.493 e. The van der Waals surface area contributed by atoms with Crippen molar-refractivity contribution in [3.8, 4) is 5.75 Å². The number of ether oxygens (including phenoxy) is 2. The summed E-state index contributed by atoms with van der Waals surface area (Å²) in [7, 11) is 0. The highest BCUT2D eigenvalue weighted by Gasteiger charge is 2.03. The van der Waals surface area contributed by atoms with Crippen LogP contribution in [-0.2, 0) is 9.53 Å². The number of anilines is 1. The fourth-order valence-corrected chi connectivity index (χ4v) is 1.76. The first kappa shape index (κ1) is 18.4. The van der Waals surface area contributed by atoms with Crippen LogP contribution in [0.25, 0.3) is 0 Å². The predicted octanol–water partition coefficient (Wildman–Crippen LogP) is 3.82. The molecule has 5 heteroatoms. The van der Waals surface area contributed by atoms with E-state index in [1.807, 2.05) is 0 Å². The van der Waals surface area contributed by atoms with E-state index in [9.17, 15) is 9.18 Å². The maximum atomic E-state index is 12.0. The van der Waals surface area contributed by atoms with E-state index >= 15 is 0 Å². The molecule has 0 aromatic heterocycles. The van der Waals surface area contributed by atoms with Gasteiger partial charge in [0.05, 0.1) is 13.3 Å². The van der Waals surface area contributed by atoms with Gasteiger partial charge in [-0.2, -0.15) is 0 Å². The van der Waals surface area contributed by atoms with E-state index in [0.717, 1.165) is 12.3 Å². The van der Waals surface area contributed by atoms with Crippen LogP contribution in [0.1, 0.15) is 33.1 Å². The second kappa shape index (κ2) is 11.0. The summed E-state index contributed by atoms with van der Waals surface area (Å²) in [6, 6.07) is 7.08. The lowest BCUT2D eigenvalue weighted by molar-refractivity contribution is -0.116. The van der Waals surface area contributed by atoms with Crippen molar-refractivity contribution in [1.29, 1.82) is 0 Å². The Hall–Kier alpha value is -1.62. The summed E-state index contributed by atoms with van der Waals surface area (Å²) in [6.45, 7) is 5.50. The number of hydrogen-bond donors (Lipinski definition) is 1. The molecule has 0 spiro atoms. The molecule has 1 rings (SSSR count). The van der Waals surface area contributed by atoms with E-state index in [2.05, 4.69) is 19.2 Å². The average molecular weight is 311 g/mol. The molecule has 0 atom stereocenters. The topological polar surface area (TPSA) is 47.6 Å². The van der Waals surface area contributed by atoms with Gasteiger partial charge in [-0.15, -0.1) is 0 Å². The third kappa shape index (κ3) is 8.62.